The van der Waals surface area contributed by atoms with Crippen LogP contribution in [-0.4, -0.2) is 30.8 Å². The van der Waals surface area contributed by atoms with Gasteiger partial charge in [-0.25, -0.2) is 10.8 Å². The fourth-order valence-corrected chi connectivity index (χ4v) is 3.90. The largest absolute Gasteiger partial charge is 0.395 e. The highest BCUT2D eigenvalue weighted by Crippen LogP contribution is 2.35. The first kappa shape index (κ1) is 23.5. The van der Waals surface area contributed by atoms with Crippen LogP contribution in [0.4, 0.5) is 17.3 Å². The number of rotatable bonds is 7. The summed E-state index contributed by atoms with van der Waals surface area (Å²) in [6, 6.07) is 24.6. The maximum absolute atomic E-state index is 6.31. The molecular weight excluding hydrogens is 400 g/mol. The van der Waals surface area contributed by atoms with Crippen LogP contribution in [-0.2, 0) is 4.74 Å². The maximum Gasteiger partial charge on any atom is 0.165 e. The van der Waals surface area contributed by atoms with Gasteiger partial charge in [-0.3, -0.25) is 0 Å². The number of hydrazine groups is 1. The number of nitrogens with two attached hydrogens (primary N) is 3. The number of pyridine rings is 1. The van der Waals surface area contributed by atoms with Gasteiger partial charge in [0.2, 0.25) is 0 Å². The Balaban J connectivity index is 0.000000416. The lowest BCUT2D eigenvalue weighted by atomic mass is 9.87. The molecule has 0 aliphatic carbocycles. The van der Waals surface area contributed by atoms with Crippen molar-refractivity contribution < 1.29 is 4.74 Å². The van der Waals surface area contributed by atoms with Crippen molar-refractivity contribution in [1.29, 1.82) is 0 Å². The fraction of sp³-hybridized carbons (Fsp3) is 0.320. The fourth-order valence-electron chi connectivity index (χ4n) is 3.90. The predicted molar refractivity (Wildman–Crippen MR) is 132 cm³/mol. The average molecular weight is 435 g/mol. The van der Waals surface area contributed by atoms with Gasteiger partial charge in [0.15, 0.2) is 5.82 Å². The van der Waals surface area contributed by atoms with Crippen LogP contribution >= 0.6 is 0 Å². The first-order chi connectivity index (χ1) is 15.7. The van der Waals surface area contributed by atoms with Gasteiger partial charge in [0.1, 0.15) is 5.82 Å². The molecule has 2 heterocycles. The van der Waals surface area contributed by atoms with Crippen molar-refractivity contribution in [3.05, 3.63) is 83.9 Å². The normalized spacial score (nSPS) is 16.5. The van der Waals surface area contributed by atoms with E-state index in [2.05, 4.69) is 27.9 Å². The summed E-state index contributed by atoms with van der Waals surface area (Å²) in [7, 11) is 0. The molecule has 8 N–H and O–H groups in total. The van der Waals surface area contributed by atoms with Gasteiger partial charge >= 0.3 is 0 Å². The minimum absolute atomic E-state index is 0.102. The third-order valence-corrected chi connectivity index (χ3v) is 5.52. The lowest BCUT2D eigenvalue weighted by Gasteiger charge is -2.26. The van der Waals surface area contributed by atoms with E-state index in [4.69, 9.17) is 22.0 Å². The van der Waals surface area contributed by atoms with Gasteiger partial charge in [0.05, 0.1) is 12.3 Å². The van der Waals surface area contributed by atoms with Crippen molar-refractivity contribution >= 4 is 17.3 Å². The van der Waals surface area contributed by atoms with Crippen molar-refractivity contribution in [2.24, 2.45) is 5.84 Å². The Hall–Kier alpha value is -3.13. The van der Waals surface area contributed by atoms with E-state index >= 15 is 0 Å². The SMILES string of the molecule is NNc1nc(N)cc(C(CCNC2CCCOC2)c2ccccc2)c1N.c1ccccc1. The number of aromatic nitrogens is 1. The minimum Gasteiger partial charge on any atom is -0.395 e. The van der Waals surface area contributed by atoms with Gasteiger partial charge in [-0.15, -0.1) is 0 Å². The molecule has 2 atom stereocenters. The van der Waals surface area contributed by atoms with Crippen molar-refractivity contribution in [2.75, 3.05) is 36.7 Å². The Bertz CT molecular complexity index is 890. The van der Waals surface area contributed by atoms with E-state index in [0.29, 0.717) is 23.4 Å². The third-order valence-electron chi connectivity index (χ3n) is 5.52. The first-order valence-corrected chi connectivity index (χ1v) is 11.1. The van der Waals surface area contributed by atoms with E-state index < -0.39 is 0 Å². The zero-order valence-electron chi connectivity index (χ0n) is 18.4. The summed E-state index contributed by atoms with van der Waals surface area (Å²) in [4.78, 5) is 4.17. The first-order valence-electron chi connectivity index (χ1n) is 11.1. The van der Waals surface area contributed by atoms with E-state index in [1.54, 1.807) is 0 Å². The van der Waals surface area contributed by atoms with Gasteiger partial charge in [-0.05, 0) is 43.0 Å². The molecule has 7 heteroatoms. The van der Waals surface area contributed by atoms with Crippen LogP contribution in [0, 0.1) is 0 Å². The van der Waals surface area contributed by atoms with Crippen LogP contribution in [0.5, 0.6) is 0 Å². The highest BCUT2D eigenvalue weighted by molar-refractivity contribution is 5.70. The minimum atomic E-state index is 0.102. The standard InChI is InChI=1S/C19H28N6O.C6H6/c20-17-11-16(18(21)19(24-17)25-22)15(13-5-2-1-3-6-13)8-9-23-14-7-4-10-26-12-14;1-2-4-6-5-3-1/h1-3,5-6,11,14-15,23H,4,7-10,12,21-22H2,(H3,20,24,25);1-6H. The Morgan fingerprint density at radius 3 is 2.25 bits per heavy atom. The maximum atomic E-state index is 6.31. The van der Waals surface area contributed by atoms with Gasteiger partial charge in [-0.1, -0.05) is 66.7 Å². The highest BCUT2D eigenvalue weighted by atomic mass is 16.5. The Morgan fingerprint density at radius 1 is 1.00 bits per heavy atom. The Morgan fingerprint density at radius 2 is 1.66 bits per heavy atom. The number of nitrogen functional groups attached to an aromatic ring is 3. The van der Waals surface area contributed by atoms with Crippen LogP contribution < -0.4 is 28.1 Å². The quantitative estimate of drug-likeness (QED) is 0.285. The van der Waals surface area contributed by atoms with Crippen LogP contribution in [0.3, 0.4) is 0 Å². The number of nitrogens with zero attached hydrogens (tertiary/aromatic N) is 1. The highest BCUT2D eigenvalue weighted by Gasteiger charge is 2.21. The van der Waals surface area contributed by atoms with Gasteiger partial charge in [-0.2, -0.15) is 0 Å². The number of benzene rings is 2. The van der Waals surface area contributed by atoms with E-state index in [1.807, 2.05) is 60.7 Å². The van der Waals surface area contributed by atoms with Crippen molar-refractivity contribution in [3.8, 4) is 0 Å². The van der Waals surface area contributed by atoms with Gasteiger partial charge < -0.3 is 26.9 Å². The van der Waals surface area contributed by atoms with Crippen molar-refractivity contribution in [3.63, 3.8) is 0 Å². The summed E-state index contributed by atoms with van der Waals surface area (Å²) < 4.78 is 5.54. The summed E-state index contributed by atoms with van der Waals surface area (Å²) in [6.07, 6.45) is 3.15. The summed E-state index contributed by atoms with van der Waals surface area (Å²) in [5.41, 5.74) is 17.5. The summed E-state index contributed by atoms with van der Waals surface area (Å²) in [5, 5.41) is 3.60. The lowest BCUT2D eigenvalue weighted by Crippen LogP contribution is -2.37. The number of ether oxygens (including phenoxy) is 1. The van der Waals surface area contributed by atoms with Gasteiger partial charge in [0.25, 0.3) is 0 Å². The molecule has 170 valence electrons. The molecule has 1 aliphatic heterocycles. The molecule has 7 nitrogen and oxygen atoms in total. The van der Waals surface area contributed by atoms with E-state index in [1.165, 1.54) is 5.56 Å². The van der Waals surface area contributed by atoms with Crippen molar-refractivity contribution in [1.82, 2.24) is 10.3 Å². The molecule has 1 fully saturated rings. The van der Waals surface area contributed by atoms with E-state index in [9.17, 15) is 0 Å². The summed E-state index contributed by atoms with van der Waals surface area (Å²) >= 11 is 0. The molecule has 32 heavy (non-hydrogen) atoms. The predicted octanol–water partition coefficient (Wildman–Crippen LogP) is 3.51. The zero-order chi connectivity index (χ0) is 22.6. The smallest absolute Gasteiger partial charge is 0.165 e. The van der Waals surface area contributed by atoms with Crippen LogP contribution in [0.15, 0.2) is 72.8 Å². The van der Waals surface area contributed by atoms with E-state index in [0.717, 1.165) is 44.6 Å². The van der Waals surface area contributed by atoms with Crippen LogP contribution in [0.1, 0.15) is 36.3 Å². The molecule has 1 aromatic heterocycles. The molecule has 2 aromatic carbocycles. The molecular formula is C25H34N6O. The number of anilines is 3. The van der Waals surface area contributed by atoms with Crippen LogP contribution in [0.2, 0.25) is 0 Å². The Kier molecular flexibility index (Phi) is 9.31. The second kappa shape index (κ2) is 12.7. The number of hydrogen-bond acceptors (Lipinski definition) is 7. The molecule has 0 bridgehead atoms. The third kappa shape index (κ3) is 6.95. The lowest BCUT2D eigenvalue weighted by molar-refractivity contribution is 0.0704. The molecule has 1 aliphatic rings. The molecule has 3 aromatic rings. The second-order valence-corrected chi connectivity index (χ2v) is 7.82. The average Bonchev–Trinajstić information content (AvgIpc) is 2.86. The van der Waals surface area contributed by atoms with Gasteiger partial charge in [0, 0.05) is 18.6 Å². The Labute approximate surface area is 190 Å². The topological polar surface area (TPSA) is 124 Å². The monoisotopic (exact) mass is 434 g/mol. The summed E-state index contributed by atoms with van der Waals surface area (Å²) in [5.74, 6) is 6.46. The summed E-state index contributed by atoms with van der Waals surface area (Å²) in [6.45, 7) is 2.51. The number of hydrogen-bond donors (Lipinski definition) is 5. The van der Waals surface area contributed by atoms with Crippen LogP contribution in [0.25, 0.3) is 0 Å². The molecule has 0 amide bonds. The molecule has 1 saturated heterocycles. The number of nitrogens with one attached hydrogen (secondary N) is 2. The molecule has 4 rings (SSSR count). The zero-order valence-corrected chi connectivity index (χ0v) is 18.4. The van der Waals surface area contributed by atoms with E-state index in [-0.39, 0.29) is 5.92 Å². The molecule has 2 unspecified atom stereocenters. The molecule has 0 saturated carbocycles. The molecule has 0 spiro atoms. The molecule has 0 radical (unpaired) electrons. The van der Waals surface area contributed by atoms with Crippen molar-refractivity contribution in [2.45, 2.75) is 31.2 Å². The second-order valence-electron chi connectivity index (χ2n) is 7.82.